The van der Waals surface area contributed by atoms with Crippen molar-refractivity contribution in [2.24, 2.45) is 5.41 Å². The minimum absolute atomic E-state index is 0.234. The summed E-state index contributed by atoms with van der Waals surface area (Å²) in [5.74, 6) is 0.249. The van der Waals surface area contributed by atoms with E-state index in [2.05, 4.69) is 65.6 Å². The topological polar surface area (TPSA) is 32.8 Å². The molecule has 2 saturated heterocycles. The predicted octanol–water partition coefficient (Wildman–Crippen LogP) is 2.96. The largest absolute Gasteiger partial charge is 0.379 e. The van der Waals surface area contributed by atoms with E-state index in [9.17, 15) is 4.79 Å². The summed E-state index contributed by atoms with van der Waals surface area (Å²) in [5.41, 5.74) is 2.30. The van der Waals surface area contributed by atoms with Gasteiger partial charge in [0.2, 0.25) is 5.91 Å². The lowest BCUT2D eigenvalue weighted by Crippen LogP contribution is -2.58. The van der Waals surface area contributed by atoms with Crippen LogP contribution in [0.4, 0.5) is 0 Å². The highest BCUT2D eigenvalue weighted by atomic mass is 16.5. The van der Waals surface area contributed by atoms with E-state index in [4.69, 9.17) is 4.74 Å². The van der Waals surface area contributed by atoms with Gasteiger partial charge >= 0.3 is 0 Å². The van der Waals surface area contributed by atoms with Crippen LogP contribution in [0.25, 0.3) is 0 Å². The third-order valence-electron chi connectivity index (χ3n) is 5.55. The van der Waals surface area contributed by atoms with E-state index in [0.717, 1.165) is 26.2 Å². The van der Waals surface area contributed by atoms with Gasteiger partial charge in [-0.15, -0.1) is 0 Å². The first-order valence-corrected chi connectivity index (χ1v) is 9.38. The van der Waals surface area contributed by atoms with Crippen molar-refractivity contribution in [3.8, 4) is 0 Å². The maximum absolute atomic E-state index is 12.7. The molecule has 2 aromatic rings. The Balaban J connectivity index is 1.51. The van der Waals surface area contributed by atoms with Crippen molar-refractivity contribution in [1.29, 1.82) is 0 Å². The first-order chi connectivity index (χ1) is 12.7. The number of carbonyl (C=O) groups excluding carboxylic acids is 1. The summed E-state index contributed by atoms with van der Waals surface area (Å²) in [6.07, 6.45) is 0. The molecule has 0 radical (unpaired) electrons. The van der Waals surface area contributed by atoms with Crippen LogP contribution < -0.4 is 0 Å². The second-order valence-corrected chi connectivity index (χ2v) is 7.61. The number of hydrogen-bond donors (Lipinski definition) is 0. The Hall–Kier alpha value is -2.17. The standard InChI is InChI=1S/C22H26N2O2/c1-22(16-26-17-22)21(25)24-14-12-23(13-15-24)20(18-8-4-2-5-9-18)19-10-6-3-7-11-19/h2-11,20H,12-17H2,1H3. The van der Waals surface area contributed by atoms with Gasteiger partial charge in [-0.2, -0.15) is 0 Å². The Bertz CT molecular complexity index is 696. The molecular weight excluding hydrogens is 324 g/mol. The molecular formula is C22H26N2O2. The van der Waals surface area contributed by atoms with Gasteiger partial charge in [0.05, 0.1) is 24.7 Å². The zero-order valence-electron chi connectivity index (χ0n) is 15.3. The smallest absolute Gasteiger partial charge is 0.233 e. The molecule has 0 aromatic heterocycles. The number of benzene rings is 2. The van der Waals surface area contributed by atoms with Crippen LogP contribution in [-0.2, 0) is 9.53 Å². The predicted molar refractivity (Wildman–Crippen MR) is 102 cm³/mol. The lowest BCUT2D eigenvalue weighted by atomic mass is 9.86. The third kappa shape index (κ3) is 3.27. The van der Waals surface area contributed by atoms with Gasteiger partial charge in [-0.25, -0.2) is 0 Å². The molecule has 1 amide bonds. The number of nitrogens with zero attached hydrogens (tertiary/aromatic N) is 2. The molecule has 0 saturated carbocycles. The Morgan fingerprint density at radius 3 is 1.81 bits per heavy atom. The molecule has 26 heavy (non-hydrogen) atoms. The van der Waals surface area contributed by atoms with Crippen molar-refractivity contribution in [2.45, 2.75) is 13.0 Å². The van der Waals surface area contributed by atoms with Crippen molar-refractivity contribution < 1.29 is 9.53 Å². The molecule has 0 spiro atoms. The molecule has 4 rings (SSSR count). The number of ether oxygens (including phenoxy) is 1. The van der Waals surface area contributed by atoms with E-state index in [-0.39, 0.29) is 17.4 Å². The van der Waals surface area contributed by atoms with E-state index >= 15 is 0 Å². The maximum Gasteiger partial charge on any atom is 0.233 e. The number of hydrogen-bond acceptors (Lipinski definition) is 3. The summed E-state index contributed by atoms with van der Waals surface area (Å²) in [5, 5.41) is 0. The fourth-order valence-electron chi connectivity index (χ4n) is 3.98. The molecule has 0 unspecified atom stereocenters. The van der Waals surface area contributed by atoms with Crippen LogP contribution in [0.5, 0.6) is 0 Å². The van der Waals surface area contributed by atoms with E-state index in [1.54, 1.807) is 0 Å². The second-order valence-electron chi connectivity index (χ2n) is 7.61. The monoisotopic (exact) mass is 350 g/mol. The zero-order valence-corrected chi connectivity index (χ0v) is 15.3. The summed E-state index contributed by atoms with van der Waals surface area (Å²) in [6.45, 7) is 6.47. The Labute approximate surface area is 155 Å². The highest BCUT2D eigenvalue weighted by Gasteiger charge is 2.44. The molecule has 4 heteroatoms. The van der Waals surface area contributed by atoms with Crippen LogP contribution in [-0.4, -0.2) is 55.1 Å². The number of piperazine rings is 1. The fraction of sp³-hybridized carbons (Fsp3) is 0.409. The fourth-order valence-corrected chi connectivity index (χ4v) is 3.98. The second kappa shape index (κ2) is 7.22. The Kier molecular flexibility index (Phi) is 4.79. The van der Waals surface area contributed by atoms with Crippen LogP contribution in [0.1, 0.15) is 24.1 Å². The van der Waals surface area contributed by atoms with Crippen molar-refractivity contribution in [1.82, 2.24) is 9.80 Å². The minimum Gasteiger partial charge on any atom is -0.379 e. The maximum atomic E-state index is 12.7. The van der Waals surface area contributed by atoms with Crippen molar-refractivity contribution in [3.63, 3.8) is 0 Å². The van der Waals surface area contributed by atoms with Gasteiger partial charge in [-0.1, -0.05) is 60.7 Å². The number of amides is 1. The summed E-state index contributed by atoms with van der Waals surface area (Å²) >= 11 is 0. The lowest BCUT2D eigenvalue weighted by Gasteiger charge is -2.45. The molecule has 0 N–H and O–H groups in total. The van der Waals surface area contributed by atoms with Gasteiger partial charge in [0.15, 0.2) is 0 Å². The quantitative estimate of drug-likeness (QED) is 0.850. The average Bonchev–Trinajstić information content (AvgIpc) is 2.68. The Morgan fingerprint density at radius 2 is 1.38 bits per heavy atom. The van der Waals surface area contributed by atoms with Crippen LogP contribution in [0.2, 0.25) is 0 Å². The average molecular weight is 350 g/mol. The zero-order chi connectivity index (χ0) is 18.0. The number of rotatable bonds is 4. The SMILES string of the molecule is CC1(C(=O)N2CCN(C(c3ccccc3)c3ccccc3)CC2)COC1. The normalized spacial score (nSPS) is 20.0. The molecule has 136 valence electrons. The molecule has 0 aliphatic carbocycles. The first kappa shape index (κ1) is 17.3. The van der Waals surface area contributed by atoms with Gasteiger partial charge in [-0.05, 0) is 18.1 Å². The summed E-state index contributed by atoms with van der Waals surface area (Å²) in [4.78, 5) is 17.3. The molecule has 0 atom stereocenters. The van der Waals surface area contributed by atoms with Gasteiger partial charge in [0, 0.05) is 26.2 Å². The third-order valence-corrected chi connectivity index (χ3v) is 5.55. The van der Waals surface area contributed by atoms with E-state index in [1.807, 2.05) is 11.8 Å². The van der Waals surface area contributed by atoms with Gasteiger partial charge in [-0.3, -0.25) is 9.69 Å². The molecule has 2 aliphatic rings. The minimum atomic E-state index is -0.305. The van der Waals surface area contributed by atoms with Crippen LogP contribution >= 0.6 is 0 Å². The van der Waals surface area contributed by atoms with Crippen molar-refractivity contribution in [3.05, 3.63) is 71.8 Å². The summed E-state index contributed by atoms with van der Waals surface area (Å²) < 4.78 is 5.27. The van der Waals surface area contributed by atoms with E-state index < -0.39 is 0 Å². The highest BCUT2D eigenvalue weighted by molar-refractivity contribution is 5.83. The molecule has 0 bridgehead atoms. The molecule has 2 aromatic carbocycles. The molecule has 2 heterocycles. The Morgan fingerprint density at radius 1 is 0.885 bits per heavy atom. The van der Waals surface area contributed by atoms with E-state index in [0.29, 0.717) is 13.2 Å². The van der Waals surface area contributed by atoms with Gasteiger partial charge in [0.25, 0.3) is 0 Å². The molecule has 4 nitrogen and oxygen atoms in total. The van der Waals surface area contributed by atoms with Crippen molar-refractivity contribution >= 4 is 5.91 Å². The van der Waals surface area contributed by atoms with Gasteiger partial charge < -0.3 is 9.64 Å². The van der Waals surface area contributed by atoms with E-state index in [1.165, 1.54) is 11.1 Å². The first-order valence-electron chi connectivity index (χ1n) is 9.38. The van der Waals surface area contributed by atoms with Crippen LogP contribution in [0.3, 0.4) is 0 Å². The lowest BCUT2D eigenvalue weighted by molar-refractivity contribution is -0.170. The number of carbonyl (C=O) groups is 1. The summed E-state index contributed by atoms with van der Waals surface area (Å²) in [7, 11) is 0. The molecule has 2 fully saturated rings. The molecule has 2 aliphatic heterocycles. The van der Waals surface area contributed by atoms with Gasteiger partial charge in [0.1, 0.15) is 0 Å². The highest BCUT2D eigenvalue weighted by Crippen LogP contribution is 2.32. The van der Waals surface area contributed by atoms with Crippen molar-refractivity contribution in [2.75, 3.05) is 39.4 Å². The van der Waals surface area contributed by atoms with Crippen LogP contribution in [0.15, 0.2) is 60.7 Å². The van der Waals surface area contributed by atoms with Crippen LogP contribution in [0, 0.1) is 5.41 Å². The summed E-state index contributed by atoms with van der Waals surface area (Å²) in [6, 6.07) is 21.5.